The molecule has 98 valence electrons. The van der Waals surface area contributed by atoms with Gasteiger partial charge in [0.15, 0.2) is 0 Å². The average molecular weight is 274 g/mol. The van der Waals surface area contributed by atoms with Crippen LogP contribution in [0.1, 0.15) is 18.1 Å². The molecule has 0 radical (unpaired) electrons. The first-order valence-corrected chi connectivity index (χ1v) is 6.44. The third kappa shape index (κ3) is 3.15. The van der Waals surface area contributed by atoms with Crippen LogP contribution < -0.4 is 0 Å². The molecular weight excluding hydrogens is 258 g/mol. The Labute approximate surface area is 118 Å². The van der Waals surface area contributed by atoms with Crippen molar-refractivity contribution >= 4 is 17.3 Å². The monoisotopic (exact) mass is 273 g/mol. The summed E-state index contributed by atoms with van der Waals surface area (Å²) in [5.74, 6) is 0. The highest BCUT2D eigenvalue weighted by molar-refractivity contribution is 6.31. The van der Waals surface area contributed by atoms with Gasteiger partial charge in [0.2, 0.25) is 0 Å². The van der Waals surface area contributed by atoms with Crippen molar-refractivity contribution in [2.24, 2.45) is 5.16 Å². The fourth-order valence-corrected chi connectivity index (χ4v) is 2.42. The van der Waals surface area contributed by atoms with Crippen molar-refractivity contribution in [2.45, 2.75) is 13.8 Å². The minimum Gasteiger partial charge on any atom is -0.399 e. The van der Waals surface area contributed by atoms with Gasteiger partial charge in [-0.1, -0.05) is 47.1 Å². The molecule has 0 aromatic heterocycles. The van der Waals surface area contributed by atoms with Crippen molar-refractivity contribution in [3.05, 3.63) is 58.6 Å². The highest BCUT2D eigenvalue weighted by Gasteiger charge is 2.08. The number of nitrogens with zero attached hydrogens (tertiary/aromatic N) is 1. The topological polar surface area (TPSA) is 21.6 Å². The fraction of sp³-hybridized carbons (Fsp3) is 0.188. The second kappa shape index (κ2) is 5.89. The van der Waals surface area contributed by atoms with Crippen LogP contribution in [0.15, 0.2) is 47.6 Å². The highest BCUT2D eigenvalue weighted by atomic mass is 35.5. The van der Waals surface area contributed by atoms with Crippen LogP contribution in [0.5, 0.6) is 0 Å². The summed E-state index contributed by atoms with van der Waals surface area (Å²) in [6.45, 7) is 3.97. The molecule has 0 N–H and O–H groups in total. The minimum atomic E-state index is 0.742. The second-order valence-electron chi connectivity index (χ2n) is 4.42. The first-order chi connectivity index (χ1) is 9.11. The van der Waals surface area contributed by atoms with Crippen LogP contribution in [-0.4, -0.2) is 12.8 Å². The number of benzene rings is 2. The molecule has 2 aromatic rings. The summed E-state index contributed by atoms with van der Waals surface area (Å²) in [7, 11) is 1.55. The molecule has 2 aromatic carbocycles. The Morgan fingerprint density at radius 3 is 2.58 bits per heavy atom. The van der Waals surface area contributed by atoms with Gasteiger partial charge in [-0.05, 0) is 42.7 Å². The van der Waals surface area contributed by atoms with Gasteiger partial charge in [-0.25, -0.2) is 0 Å². The lowest BCUT2D eigenvalue weighted by molar-refractivity contribution is 0.213. The number of rotatable bonds is 3. The summed E-state index contributed by atoms with van der Waals surface area (Å²) in [5.41, 5.74) is 5.22. The Bertz CT molecular complexity index is 600. The van der Waals surface area contributed by atoms with E-state index in [0.29, 0.717) is 0 Å². The lowest BCUT2D eigenvalue weighted by Crippen LogP contribution is -1.98. The van der Waals surface area contributed by atoms with E-state index < -0.39 is 0 Å². The minimum absolute atomic E-state index is 0.742. The highest BCUT2D eigenvalue weighted by Crippen LogP contribution is 2.28. The molecule has 19 heavy (non-hydrogen) atoms. The van der Waals surface area contributed by atoms with E-state index in [1.807, 2.05) is 44.2 Å². The zero-order chi connectivity index (χ0) is 13.8. The number of aryl methyl sites for hydroxylation is 1. The van der Waals surface area contributed by atoms with Gasteiger partial charge < -0.3 is 4.84 Å². The molecule has 0 atom stereocenters. The van der Waals surface area contributed by atoms with Crippen molar-refractivity contribution < 1.29 is 4.84 Å². The fourth-order valence-electron chi connectivity index (χ4n) is 2.13. The Morgan fingerprint density at radius 1 is 1.16 bits per heavy atom. The molecule has 2 nitrogen and oxygen atoms in total. The molecule has 0 aliphatic heterocycles. The van der Waals surface area contributed by atoms with E-state index in [-0.39, 0.29) is 0 Å². The third-order valence-corrected chi connectivity index (χ3v) is 3.12. The molecule has 0 spiro atoms. The van der Waals surface area contributed by atoms with Crippen molar-refractivity contribution in [3.8, 4) is 11.1 Å². The number of hydrogen-bond donors (Lipinski definition) is 0. The van der Waals surface area contributed by atoms with Crippen LogP contribution in [0.25, 0.3) is 11.1 Å². The Morgan fingerprint density at radius 2 is 1.89 bits per heavy atom. The van der Waals surface area contributed by atoms with Crippen LogP contribution >= 0.6 is 11.6 Å². The maximum absolute atomic E-state index is 6.14. The molecule has 2 rings (SSSR count). The van der Waals surface area contributed by atoms with Crippen molar-refractivity contribution in [1.29, 1.82) is 0 Å². The van der Waals surface area contributed by atoms with Crippen LogP contribution in [-0.2, 0) is 4.84 Å². The summed E-state index contributed by atoms with van der Waals surface area (Å²) >= 11 is 6.14. The quantitative estimate of drug-likeness (QED) is 0.587. The molecule has 0 amide bonds. The van der Waals surface area contributed by atoms with Gasteiger partial charge in [-0.15, -0.1) is 0 Å². The van der Waals surface area contributed by atoms with Crippen molar-refractivity contribution in [3.63, 3.8) is 0 Å². The van der Waals surface area contributed by atoms with Gasteiger partial charge in [0.25, 0.3) is 0 Å². The number of halogens is 1. The van der Waals surface area contributed by atoms with Gasteiger partial charge in [0, 0.05) is 10.6 Å². The van der Waals surface area contributed by atoms with Gasteiger partial charge in [0.1, 0.15) is 7.11 Å². The number of oxime groups is 1. The smallest absolute Gasteiger partial charge is 0.106 e. The van der Waals surface area contributed by atoms with E-state index in [2.05, 4.69) is 17.3 Å². The molecule has 0 saturated carbocycles. The lowest BCUT2D eigenvalue weighted by Gasteiger charge is -2.10. The summed E-state index contributed by atoms with van der Waals surface area (Å²) < 4.78 is 0. The van der Waals surface area contributed by atoms with Crippen LogP contribution in [0, 0.1) is 6.92 Å². The first-order valence-electron chi connectivity index (χ1n) is 6.06. The molecular formula is C16H16ClNO. The molecule has 0 aliphatic carbocycles. The zero-order valence-corrected chi connectivity index (χ0v) is 12.0. The van der Waals surface area contributed by atoms with Crippen molar-refractivity contribution in [1.82, 2.24) is 0 Å². The number of hydrogen-bond acceptors (Lipinski definition) is 2. The second-order valence-corrected chi connectivity index (χ2v) is 4.86. The van der Waals surface area contributed by atoms with Crippen LogP contribution in [0.3, 0.4) is 0 Å². The molecule has 0 fully saturated rings. The van der Waals surface area contributed by atoms with E-state index >= 15 is 0 Å². The molecule has 0 aliphatic rings. The van der Waals surface area contributed by atoms with Crippen molar-refractivity contribution in [2.75, 3.05) is 7.11 Å². The molecule has 3 heteroatoms. The summed E-state index contributed by atoms with van der Waals surface area (Å²) in [4.78, 5) is 4.86. The summed E-state index contributed by atoms with van der Waals surface area (Å²) in [6, 6.07) is 14.1. The largest absolute Gasteiger partial charge is 0.399 e. The van der Waals surface area contributed by atoms with Crippen LogP contribution in [0.2, 0.25) is 5.02 Å². The molecule has 0 unspecified atom stereocenters. The maximum atomic E-state index is 6.14. The predicted octanol–water partition coefficient (Wildman–Crippen LogP) is 4.69. The van der Waals surface area contributed by atoms with E-state index in [9.17, 15) is 0 Å². The van der Waals surface area contributed by atoms with Gasteiger partial charge in [0.05, 0.1) is 5.71 Å². The van der Waals surface area contributed by atoms with Gasteiger partial charge in [-0.3, -0.25) is 0 Å². The summed E-state index contributed by atoms with van der Waals surface area (Å²) in [5, 5.41) is 4.75. The zero-order valence-electron chi connectivity index (χ0n) is 11.3. The average Bonchev–Trinajstić information content (AvgIpc) is 2.38. The van der Waals surface area contributed by atoms with E-state index in [4.69, 9.17) is 16.4 Å². The SMILES string of the molecule is CO/N=C(\C)c1ccccc1-c1cc(C)cc(Cl)c1. The van der Waals surface area contributed by atoms with E-state index in [0.717, 1.165) is 33.0 Å². The Hall–Kier alpha value is -1.80. The normalized spacial score (nSPS) is 11.5. The van der Waals surface area contributed by atoms with Crippen LogP contribution in [0.4, 0.5) is 0 Å². The summed E-state index contributed by atoms with van der Waals surface area (Å²) in [6.07, 6.45) is 0. The molecule has 0 heterocycles. The lowest BCUT2D eigenvalue weighted by atomic mass is 9.96. The third-order valence-electron chi connectivity index (χ3n) is 2.90. The van der Waals surface area contributed by atoms with E-state index in [1.54, 1.807) is 7.11 Å². The standard InChI is InChI=1S/C16H16ClNO/c1-11-8-13(10-14(17)9-11)16-7-5-4-6-15(16)12(2)18-19-3/h4-10H,1-3H3/b18-12+. The Balaban J connectivity index is 2.59. The molecule has 0 saturated heterocycles. The Kier molecular flexibility index (Phi) is 4.23. The van der Waals surface area contributed by atoms with Gasteiger partial charge in [-0.2, -0.15) is 0 Å². The van der Waals surface area contributed by atoms with Gasteiger partial charge >= 0.3 is 0 Å². The van der Waals surface area contributed by atoms with E-state index in [1.165, 1.54) is 0 Å². The predicted molar refractivity (Wildman–Crippen MR) is 80.8 cm³/mol. The maximum Gasteiger partial charge on any atom is 0.106 e. The first kappa shape index (κ1) is 13.6. The molecule has 0 bridgehead atoms.